The first kappa shape index (κ1) is 9.92. The molecular formula is C9H11F2NO. The minimum atomic E-state index is -0.591. The van der Waals surface area contributed by atoms with Gasteiger partial charge in [0, 0.05) is 24.2 Å². The minimum absolute atomic E-state index is 0.0308. The van der Waals surface area contributed by atoms with Crippen molar-refractivity contribution in [3.05, 3.63) is 29.3 Å². The molecule has 0 atom stereocenters. The van der Waals surface area contributed by atoms with Gasteiger partial charge in [0.1, 0.15) is 17.4 Å². The second-order valence-corrected chi connectivity index (χ2v) is 2.60. The molecule has 0 unspecified atom stereocenters. The van der Waals surface area contributed by atoms with Crippen molar-refractivity contribution in [2.75, 3.05) is 14.2 Å². The third-order valence-corrected chi connectivity index (χ3v) is 1.70. The highest BCUT2D eigenvalue weighted by Gasteiger charge is 2.10. The van der Waals surface area contributed by atoms with Crippen LogP contribution < -0.4 is 10.1 Å². The Labute approximate surface area is 75.5 Å². The summed E-state index contributed by atoms with van der Waals surface area (Å²) in [5.74, 6) is -0.993. The second kappa shape index (κ2) is 4.18. The lowest BCUT2D eigenvalue weighted by molar-refractivity contribution is 0.404. The first-order chi connectivity index (χ1) is 6.19. The fraction of sp³-hybridized carbons (Fsp3) is 0.333. The molecule has 1 rings (SSSR count). The van der Waals surface area contributed by atoms with Gasteiger partial charge in [-0.2, -0.15) is 0 Å². The predicted molar refractivity (Wildman–Crippen MR) is 45.7 cm³/mol. The van der Waals surface area contributed by atoms with E-state index in [4.69, 9.17) is 4.74 Å². The average Bonchev–Trinajstić information content (AvgIpc) is 2.11. The summed E-state index contributed by atoms with van der Waals surface area (Å²) >= 11 is 0. The molecule has 0 bridgehead atoms. The van der Waals surface area contributed by atoms with E-state index in [2.05, 4.69) is 5.32 Å². The van der Waals surface area contributed by atoms with Crippen LogP contribution in [0.1, 0.15) is 5.56 Å². The van der Waals surface area contributed by atoms with Crippen LogP contribution in [0.15, 0.2) is 12.1 Å². The number of methoxy groups -OCH3 is 1. The molecule has 72 valence electrons. The van der Waals surface area contributed by atoms with Gasteiger partial charge in [0.05, 0.1) is 7.11 Å². The third-order valence-electron chi connectivity index (χ3n) is 1.70. The third kappa shape index (κ3) is 2.15. The Hall–Kier alpha value is -1.16. The normalized spacial score (nSPS) is 10.2. The molecule has 0 fully saturated rings. The molecule has 0 spiro atoms. The van der Waals surface area contributed by atoms with E-state index in [0.717, 1.165) is 12.1 Å². The molecule has 0 radical (unpaired) electrons. The van der Waals surface area contributed by atoms with Crippen LogP contribution in [-0.4, -0.2) is 14.2 Å². The monoisotopic (exact) mass is 187 g/mol. The van der Waals surface area contributed by atoms with Gasteiger partial charge in [0.2, 0.25) is 0 Å². The molecule has 4 heteroatoms. The summed E-state index contributed by atoms with van der Waals surface area (Å²) < 4.78 is 31.0. The fourth-order valence-electron chi connectivity index (χ4n) is 1.04. The number of hydrogen-bond donors (Lipinski definition) is 1. The number of nitrogens with one attached hydrogen (secondary N) is 1. The van der Waals surface area contributed by atoms with Crippen molar-refractivity contribution in [1.82, 2.24) is 5.32 Å². The lowest BCUT2D eigenvalue weighted by Crippen LogP contribution is -2.09. The number of halogens is 2. The zero-order chi connectivity index (χ0) is 9.84. The summed E-state index contributed by atoms with van der Waals surface area (Å²) in [6.45, 7) is 0.168. The number of hydrogen-bond acceptors (Lipinski definition) is 2. The fourth-order valence-corrected chi connectivity index (χ4v) is 1.04. The van der Waals surface area contributed by atoms with Gasteiger partial charge in [-0.25, -0.2) is 8.78 Å². The lowest BCUT2D eigenvalue weighted by Gasteiger charge is -2.06. The van der Waals surface area contributed by atoms with Crippen LogP contribution in [0.25, 0.3) is 0 Å². The Kier molecular flexibility index (Phi) is 3.19. The Balaban J connectivity index is 3.07. The van der Waals surface area contributed by atoms with E-state index < -0.39 is 11.6 Å². The molecule has 0 aliphatic carbocycles. The standard InChI is InChI=1S/C9H11F2NO/c1-12-5-7-8(10)3-6(13-2)4-9(7)11/h3-4,12H,5H2,1-2H3. The molecule has 1 N–H and O–H groups in total. The second-order valence-electron chi connectivity index (χ2n) is 2.60. The highest BCUT2D eigenvalue weighted by Crippen LogP contribution is 2.19. The molecule has 0 saturated heterocycles. The van der Waals surface area contributed by atoms with E-state index in [1.165, 1.54) is 7.11 Å². The first-order valence-electron chi connectivity index (χ1n) is 3.85. The molecule has 0 amide bonds. The molecule has 0 aliphatic heterocycles. The van der Waals surface area contributed by atoms with E-state index in [1.807, 2.05) is 0 Å². The van der Waals surface area contributed by atoms with Gasteiger partial charge in [-0.15, -0.1) is 0 Å². The van der Waals surface area contributed by atoms with Gasteiger partial charge in [-0.1, -0.05) is 0 Å². The van der Waals surface area contributed by atoms with Crippen LogP contribution >= 0.6 is 0 Å². The molecule has 0 heterocycles. The molecule has 1 aromatic carbocycles. The van der Waals surface area contributed by atoms with Crippen molar-refractivity contribution in [1.29, 1.82) is 0 Å². The van der Waals surface area contributed by atoms with Crippen molar-refractivity contribution >= 4 is 0 Å². The maximum atomic E-state index is 13.1. The van der Waals surface area contributed by atoms with Gasteiger partial charge < -0.3 is 10.1 Å². The molecule has 0 saturated carbocycles. The molecule has 2 nitrogen and oxygen atoms in total. The molecule has 1 aromatic rings. The summed E-state index contributed by atoms with van der Waals surface area (Å²) in [7, 11) is 3.00. The zero-order valence-corrected chi connectivity index (χ0v) is 7.53. The maximum Gasteiger partial charge on any atom is 0.134 e. The molecule has 0 aromatic heterocycles. The van der Waals surface area contributed by atoms with Crippen LogP contribution in [-0.2, 0) is 6.54 Å². The summed E-state index contributed by atoms with van der Waals surface area (Å²) in [4.78, 5) is 0. The first-order valence-corrected chi connectivity index (χ1v) is 3.85. The highest BCUT2D eigenvalue weighted by molar-refractivity contribution is 5.30. The summed E-state index contributed by atoms with van der Waals surface area (Å²) in [5, 5.41) is 2.68. The average molecular weight is 187 g/mol. The largest absolute Gasteiger partial charge is 0.497 e. The van der Waals surface area contributed by atoms with Crippen LogP contribution in [0.4, 0.5) is 8.78 Å². The van der Waals surface area contributed by atoms with E-state index in [1.54, 1.807) is 7.05 Å². The van der Waals surface area contributed by atoms with Crippen LogP contribution in [0.2, 0.25) is 0 Å². The summed E-state index contributed by atoms with van der Waals surface area (Å²) in [6.07, 6.45) is 0. The van der Waals surface area contributed by atoms with Gasteiger partial charge >= 0.3 is 0 Å². The topological polar surface area (TPSA) is 21.3 Å². The van der Waals surface area contributed by atoms with Crippen molar-refractivity contribution in [3.8, 4) is 5.75 Å². The van der Waals surface area contributed by atoms with E-state index in [9.17, 15) is 8.78 Å². The van der Waals surface area contributed by atoms with Gasteiger partial charge in [-0.05, 0) is 7.05 Å². The quantitative estimate of drug-likeness (QED) is 0.777. The maximum absolute atomic E-state index is 13.1. The predicted octanol–water partition coefficient (Wildman–Crippen LogP) is 1.69. The van der Waals surface area contributed by atoms with Gasteiger partial charge in [0.25, 0.3) is 0 Å². The van der Waals surface area contributed by atoms with Crippen LogP contribution in [0, 0.1) is 11.6 Å². The lowest BCUT2D eigenvalue weighted by atomic mass is 10.2. The summed E-state index contributed by atoms with van der Waals surface area (Å²) in [5.41, 5.74) is 0.0308. The van der Waals surface area contributed by atoms with Crippen molar-refractivity contribution in [2.24, 2.45) is 0 Å². The van der Waals surface area contributed by atoms with E-state index in [0.29, 0.717) is 0 Å². The Bertz CT molecular complexity index is 279. The van der Waals surface area contributed by atoms with Crippen molar-refractivity contribution in [3.63, 3.8) is 0 Å². The van der Waals surface area contributed by atoms with Gasteiger partial charge in [0.15, 0.2) is 0 Å². The molecule has 13 heavy (non-hydrogen) atoms. The Morgan fingerprint density at radius 3 is 2.23 bits per heavy atom. The van der Waals surface area contributed by atoms with Gasteiger partial charge in [-0.3, -0.25) is 0 Å². The molecule has 0 aliphatic rings. The van der Waals surface area contributed by atoms with E-state index >= 15 is 0 Å². The van der Waals surface area contributed by atoms with Crippen LogP contribution in [0.5, 0.6) is 5.75 Å². The highest BCUT2D eigenvalue weighted by atomic mass is 19.1. The van der Waals surface area contributed by atoms with Crippen molar-refractivity contribution in [2.45, 2.75) is 6.54 Å². The minimum Gasteiger partial charge on any atom is -0.497 e. The SMILES string of the molecule is CNCc1c(F)cc(OC)cc1F. The smallest absolute Gasteiger partial charge is 0.134 e. The molecular weight excluding hydrogens is 176 g/mol. The van der Waals surface area contributed by atoms with E-state index in [-0.39, 0.29) is 17.9 Å². The van der Waals surface area contributed by atoms with Crippen LogP contribution in [0.3, 0.4) is 0 Å². The zero-order valence-electron chi connectivity index (χ0n) is 7.53. The number of rotatable bonds is 3. The number of benzene rings is 1. The van der Waals surface area contributed by atoms with Crippen molar-refractivity contribution < 1.29 is 13.5 Å². The number of ether oxygens (including phenoxy) is 1. The summed E-state index contributed by atoms with van der Waals surface area (Å²) in [6, 6.07) is 2.32. The Morgan fingerprint density at radius 2 is 1.85 bits per heavy atom. The Morgan fingerprint density at radius 1 is 1.31 bits per heavy atom.